The molecule has 0 saturated heterocycles. The molecule has 6 heteroatoms. The van der Waals surface area contributed by atoms with Gasteiger partial charge in [-0.05, 0) is 38.0 Å². The molecule has 1 aliphatic rings. The molecule has 1 aromatic carbocycles. The summed E-state index contributed by atoms with van der Waals surface area (Å²) in [6.07, 6.45) is 2.05. The second kappa shape index (κ2) is 6.13. The maximum atomic E-state index is 12.0. The lowest BCUT2D eigenvalue weighted by Crippen LogP contribution is -2.36. The maximum Gasteiger partial charge on any atom is 0.339 e. The Morgan fingerprint density at radius 3 is 2.70 bits per heavy atom. The smallest absolute Gasteiger partial charge is 0.339 e. The normalized spacial score (nSPS) is 13.9. The largest absolute Gasteiger partial charge is 0.483 e. The van der Waals surface area contributed by atoms with Gasteiger partial charge < -0.3 is 14.7 Å². The fraction of sp³-hybridized carbons (Fsp3) is 0.429. The van der Waals surface area contributed by atoms with Crippen LogP contribution >= 0.6 is 11.6 Å². The first-order valence-corrected chi connectivity index (χ1v) is 6.85. The van der Waals surface area contributed by atoms with Gasteiger partial charge in [0.05, 0.1) is 0 Å². The summed E-state index contributed by atoms with van der Waals surface area (Å²) in [4.78, 5) is 24.8. The lowest BCUT2D eigenvalue weighted by Gasteiger charge is -2.20. The van der Waals surface area contributed by atoms with Crippen LogP contribution in [-0.4, -0.2) is 41.1 Å². The fourth-order valence-corrected chi connectivity index (χ4v) is 2.20. The number of ether oxygens (including phenoxy) is 1. The van der Waals surface area contributed by atoms with Crippen LogP contribution in [0.1, 0.15) is 30.1 Å². The van der Waals surface area contributed by atoms with Crippen molar-refractivity contribution in [3.05, 3.63) is 28.8 Å². The average Bonchev–Trinajstić information content (AvgIpc) is 3.21. The van der Waals surface area contributed by atoms with E-state index in [0.717, 1.165) is 12.8 Å². The van der Waals surface area contributed by atoms with Gasteiger partial charge >= 0.3 is 5.97 Å². The molecule has 20 heavy (non-hydrogen) atoms. The Morgan fingerprint density at radius 2 is 2.15 bits per heavy atom. The number of rotatable bonds is 6. The second-order valence-corrected chi connectivity index (χ2v) is 5.08. The molecule has 2 rings (SSSR count). The standard InChI is InChI=1S/C14H16ClNO4/c1-2-16(10-4-5-10)13(17)8-20-12-7-9(15)3-6-11(12)14(18)19/h3,6-7,10H,2,4-5,8H2,1H3,(H,18,19). The van der Waals surface area contributed by atoms with Gasteiger partial charge in [0.1, 0.15) is 11.3 Å². The highest BCUT2D eigenvalue weighted by Crippen LogP contribution is 2.27. The van der Waals surface area contributed by atoms with Crippen molar-refractivity contribution in [3.63, 3.8) is 0 Å². The van der Waals surface area contributed by atoms with Crippen molar-refractivity contribution >= 4 is 23.5 Å². The number of halogens is 1. The molecule has 1 aliphatic carbocycles. The lowest BCUT2D eigenvalue weighted by atomic mass is 10.2. The van der Waals surface area contributed by atoms with Crippen LogP contribution < -0.4 is 4.74 Å². The zero-order valence-corrected chi connectivity index (χ0v) is 11.9. The first kappa shape index (κ1) is 14.7. The van der Waals surface area contributed by atoms with Crippen LogP contribution in [-0.2, 0) is 4.79 Å². The number of benzene rings is 1. The minimum atomic E-state index is -1.11. The summed E-state index contributed by atoms with van der Waals surface area (Å²) in [6, 6.07) is 4.56. The first-order chi connectivity index (χ1) is 9.52. The van der Waals surface area contributed by atoms with Crippen LogP contribution in [0, 0.1) is 0 Å². The zero-order valence-electron chi connectivity index (χ0n) is 11.1. The number of carboxylic acids is 1. The van der Waals surface area contributed by atoms with Gasteiger partial charge in [0, 0.05) is 17.6 Å². The second-order valence-electron chi connectivity index (χ2n) is 4.65. The molecule has 0 heterocycles. The predicted octanol–water partition coefficient (Wildman–Crippen LogP) is 2.43. The number of carboxylic acid groups (broad SMARTS) is 1. The Bertz CT molecular complexity index is 528. The summed E-state index contributed by atoms with van der Waals surface area (Å²) in [5, 5.41) is 9.42. The van der Waals surface area contributed by atoms with E-state index < -0.39 is 5.97 Å². The Kier molecular flexibility index (Phi) is 4.49. The highest BCUT2D eigenvalue weighted by Gasteiger charge is 2.31. The molecule has 0 aliphatic heterocycles. The molecule has 1 amide bonds. The number of likely N-dealkylation sites (N-methyl/N-ethyl adjacent to an activating group) is 1. The van der Waals surface area contributed by atoms with Gasteiger partial charge in [-0.3, -0.25) is 4.79 Å². The Hall–Kier alpha value is -1.75. The molecule has 0 unspecified atom stereocenters. The molecule has 0 aromatic heterocycles. The van der Waals surface area contributed by atoms with Crippen molar-refractivity contribution < 1.29 is 19.4 Å². The molecule has 1 N–H and O–H groups in total. The van der Waals surface area contributed by atoms with Crippen LogP contribution in [0.2, 0.25) is 5.02 Å². The van der Waals surface area contributed by atoms with Crippen LogP contribution in [0.5, 0.6) is 5.75 Å². The third-order valence-corrected chi connectivity index (χ3v) is 3.41. The fourth-order valence-electron chi connectivity index (χ4n) is 2.04. The van der Waals surface area contributed by atoms with Crippen molar-refractivity contribution in [1.82, 2.24) is 4.90 Å². The van der Waals surface area contributed by atoms with Crippen LogP contribution in [0.25, 0.3) is 0 Å². The summed E-state index contributed by atoms with van der Waals surface area (Å²) >= 11 is 5.82. The number of carbonyl (C=O) groups excluding carboxylic acids is 1. The summed E-state index contributed by atoms with van der Waals surface area (Å²) in [5.74, 6) is -1.13. The van der Waals surface area contributed by atoms with E-state index in [1.165, 1.54) is 18.2 Å². The Morgan fingerprint density at radius 1 is 1.45 bits per heavy atom. The van der Waals surface area contributed by atoms with Gasteiger partial charge in [-0.25, -0.2) is 4.79 Å². The van der Waals surface area contributed by atoms with E-state index in [0.29, 0.717) is 17.6 Å². The van der Waals surface area contributed by atoms with E-state index >= 15 is 0 Å². The van der Waals surface area contributed by atoms with Gasteiger partial charge in [0.2, 0.25) is 0 Å². The summed E-state index contributed by atoms with van der Waals surface area (Å²) in [7, 11) is 0. The highest BCUT2D eigenvalue weighted by atomic mass is 35.5. The lowest BCUT2D eigenvalue weighted by molar-refractivity contribution is -0.133. The number of carbonyl (C=O) groups is 2. The molecule has 108 valence electrons. The minimum absolute atomic E-state index is 0.00308. The van der Waals surface area contributed by atoms with Gasteiger partial charge in [0.15, 0.2) is 6.61 Å². The number of hydrogen-bond acceptors (Lipinski definition) is 3. The third kappa shape index (κ3) is 3.42. The molecule has 1 saturated carbocycles. The number of aromatic carboxylic acids is 1. The van der Waals surface area contributed by atoms with E-state index in [4.69, 9.17) is 21.4 Å². The van der Waals surface area contributed by atoms with Crippen molar-refractivity contribution in [3.8, 4) is 5.75 Å². The van der Waals surface area contributed by atoms with Gasteiger partial charge in [-0.2, -0.15) is 0 Å². The molecule has 0 atom stereocenters. The molecule has 5 nitrogen and oxygen atoms in total. The molecular weight excluding hydrogens is 282 g/mol. The molecule has 0 bridgehead atoms. The van der Waals surface area contributed by atoms with E-state index in [2.05, 4.69) is 0 Å². The van der Waals surface area contributed by atoms with E-state index in [1.54, 1.807) is 4.90 Å². The maximum absolute atomic E-state index is 12.0. The number of hydrogen-bond donors (Lipinski definition) is 1. The topological polar surface area (TPSA) is 66.8 Å². The highest BCUT2D eigenvalue weighted by molar-refractivity contribution is 6.30. The molecule has 1 fully saturated rings. The van der Waals surface area contributed by atoms with E-state index in [9.17, 15) is 9.59 Å². The molecular formula is C14H16ClNO4. The number of amides is 1. The average molecular weight is 298 g/mol. The van der Waals surface area contributed by atoms with Crippen molar-refractivity contribution in [2.75, 3.05) is 13.2 Å². The van der Waals surface area contributed by atoms with Gasteiger partial charge in [-0.15, -0.1) is 0 Å². The SMILES string of the molecule is CCN(C(=O)COc1cc(Cl)ccc1C(=O)O)C1CC1. The van der Waals surface area contributed by atoms with Gasteiger partial charge in [-0.1, -0.05) is 11.6 Å². The monoisotopic (exact) mass is 297 g/mol. The first-order valence-electron chi connectivity index (χ1n) is 6.48. The van der Waals surface area contributed by atoms with E-state index in [-0.39, 0.29) is 23.8 Å². The molecule has 1 aromatic rings. The minimum Gasteiger partial charge on any atom is -0.483 e. The van der Waals surface area contributed by atoms with Crippen LogP contribution in [0.3, 0.4) is 0 Å². The zero-order chi connectivity index (χ0) is 14.7. The van der Waals surface area contributed by atoms with E-state index in [1.807, 2.05) is 6.92 Å². The van der Waals surface area contributed by atoms with Gasteiger partial charge in [0.25, 0.3) is 5.91 Å². The number of nitrogens with zero attached hydrogens (tertiary/aromatic N) is 1. The van der Waals surface area contributed by atoms with Crippen molar-refractivity contribution in [2.24, 2.45) is 0 Å². The Balaban J connectivity index is 2.04. The summed E-state index contributed by atoms with van der Waals surface area (Å²) < 4.78 is 5.35. The Labute approximate surface area is 122 Å². The molecule has 0 spiro atoms. The quantitative estimate of drug-likeness (QED) is 0.875. The molecule has 0 radical (unpaired) electrons. The van der Waals surface area contributed by atoms with Crippen molar-refractivity contribution in [1.29, 1.82) is 0 Å². The summed E-state index contributed by atoms with van der Waals surface area (Å²) in [6.45, 7) is 2.37. The predicted molar refractivity (Wildman–Crippen MR) is 74.3 cm³/mol. The van der Waals surface area contributed by atoms with Crippen LogP contribution in [0.15, 0.2) is 18.2 Å². The third-order valence-electron chi connectivity index (χ3n) is 3.17. The van der Waals surface area contributed by atoms with Crippen molar-refractivity contribution in [2.45, 2.75) is 25.8 Å². The summed E-state index contributed by atoms with van der Waals surface area (Å²) in [5.41, 5.74) is -0.00308. The van der Waals surface area contributed by atoms with Crippen LogP contribution in [0.4, 0.5) is 0 Å².